The number of carbonyl (C=O) groups is 2. The van der Waals surface area contributed by atoms with Gasteiger partial charge in [-0.05, 0) is 49.7 Å². The zero-order valence-electron chi connectivity index (χ0n) is 18.0. The third-order valence-corrected chi connectivity index (χ3v) is 5.02. The first-order valence-corrected chi connectivity index (χ1v) is 10.4. The van der Waals surface area contributed by atoms with Crippen molar-refractivity contribution in [3.8, 4) is 0 Å². The minimum Gasteiger partial charge on any atom is -0.460 e. The van der Waals surface area contributed by atoms with Crippen LogP contribution in [0.4, 0.5) is 17.2 Å². The number of morpholine rings is 1. The van der Waals surface area contributed by atoms with Crippen LogP contribution in [0, 0.1) is 6.92 Å². The minimum absolute atomic E-state index is 0.138. The number of ether oxygens (including phenoxy) is 1. The quantitative estimate of drug-likeness (QED) is 0.456. The fraction of sp³-hybridized carbons (Fsp3) is 0.250. The fourth-order valence-corrected chi connectivity index (χ4v) is 3.64. The normalized spacial score (nSPS) is 16.8. The first-order valence-electron chi connectivity index (χ1n) is 10.4. The van der Waals surface area contributed by atoms with Crippen LogP contribution >= 0.6 is 0 Å². The van der Waals surface area contributed by atoms with Gasteiger partial charge in [0.1, 0.15) is 18.2 Å². The summed E-state index contributed by atoms with van der Waals surface area (Å²) in [6.45, 7) is 5.27. The average Bonchev–Trinajstić information content (AvgIpc) is 2.73. The van der Waals surface area contributed by atoms with Gasteiger partial charge in [0.2, 0.25) is 5.91 Å². The van der Waals surface area contributed by atoms with Crippen LogP contribution < -0.4 is 10.6 Å². The molecule has 2 heterocycles. The maximum absolute atomic E-state index is 12.4. The Kier molecular flexibility index (Phi) is 6.42. The Morgan fingerprint density at radius 2 is 2.09 bits per heavy atom. The standard InChI is InChI=1S/C24H25N5O3/c1-16-5-3-6-18(11-16)28-24-20-12-19(8-9-21(20)25-15-26-24)27-22(30)7-4-10-29-13-17(2)32-23(31)14-29/h3-9,11-12,15,17H,10,13-14H2,1-2H3,(H,27,30)(H,25,26,28). The molecule has 1 aliphatic heterocycles. The summed E-state index contributed by atoms with van der Waals surface area (Å²) >= 11 is 0. The fourth-order valence-electron chi connectivity index (χ4n) is 3.64. The minimum atomic E-state index is -0.248. The number of nitrogens with zero attached hydrogens (tertiary/aromatic N) is 3. The highest BCUT2D eigenvalue weighted by Crippen LogP contribution is 2.26. The lowest BCUT2D eigenvalue weighted by molar-refractivity contribution is -0.156. The Bertz CT molecular complexity index is 1180. The smallest absolute Gasteiger partial charge is 0.320 e. The van der Waals surface area contributed by atoms with Crippen LogP contribution in [0.3, 0.4) is 0 Å². The van der Waals surface area contributed by atoms with Gasteiger partial charge in [-0.25, -0.2) is 9.97 Å². The Balaban J connectivity index is 1.44. The number of nitrogens with one attached hydrogen (secondary N) is 2. The summed E-state index contributed by atoms with van der Waals surface area (Å²) in [5.74, 6) is 0.176. The van der Waals surface area contributed by atoms with Crippen molar-refractivity contribution in [1.82, 2.24) is 14.9 Å². The van der Waals surface area contributed by atoms with Crippen molar-refractivity contribution in [2.75, 3.05) is 30.3 Å². The molecule has 0 spiro atoms. The van der Waals surface area contributed by atoms with Crippen molar-refractivity contribution in [3.05, 3.63) is 66.5 Å². The van der Waals surface area contributed by atoms with Gasteiger partial charge in [-0.15, -0.1) is 0 Å². The third kappa shape index (κ3) is 5.47. The van der Waals surface area contributed by atoms with Gasteiger partial charge in [-0.1, -0.05) is 18.2 Å². The average molecular weight is 431 g/mol. The Morgan fingerprint density at radius 1 is 1.22 bits per heavy atom. The van der Waals surface area contributed by atoms with E-state index in [4.69, 9.17) is 4.74 Å². The number of fused-ring (bicyclic) bond motifs is 1. The van der Waals surface area contributed by atoms with Crippen LogP contribution in [-0.2, 0) is 14.3 Å². The van der Waals surface area contributed by atoms with Gasteiger partial charge < -0.3 is 15.4 Å². The third-order valence-electron chi connectivity index (χ3n) is 5.02. The van der Waals surface area contributed by atoms with E-state index in [1.54, 1.807) is 12.1 Å². The number of hydrogen-bond donors (Lipinski definition) is 2. The van der Waals surface area contributed by atoms with E-state index in [1.807, 2.05) is 55.1 Å². The van der Waals surface area contributed by atoms with Crippen molar-refractivity contribution >= 4 is 40.0 Å². The van der Waals surface area contributed by atoms with Crippen molar-refractivity contribution < 1.29 is 14.3 Å². The molecule has 1 amide bonds. The highest BCUT2D eigenvalue weighted by atomic mass is 16.5. The van der Waals surface area contributed by atoms with Crippen LogP contribution in [0.1, 0.15) is 12.5 Å². The molecule has 2 aromatic carbocycles. The molecule has 1 atom stereocenters. The lowest BCUT2D eigenvalue weighted by Crippen LogP contribution is -2.44. The number of benzene rings is 2. The SMILES string of the molecule is Cc1cccc(Nc2ncnc3ccc(NC(=O)C=CCN4CC(=O)OC(C)C4)cc23)c1. The number of rotatable bonds is 6. The van der Waals surface area contributed by atoms with Crippen molar-refractivity contribution in [1.29, 1.82) is 0 Å². The first-order chi connectivity index (χ1) is 15.5. The van der Waals surface area contributed by atoms with E-state index in [1.165, 1.54) is 12.4 Å². The molecule has 0 radical (unpaired) electrons. The Labute approximate surface area is 186 Å². The molecule has 1 aromatic heterocycles. The van der Waals surface area contributed by atoms with E-state index >= 15 is 0 Å². The second-order valence-corrected chi connectivity index (χ2v) is 7.83. The largest absolute Gasteiger partial charge is 0.460 e. The number of amides is 1. The summed E-state index contributed by atoms with van der Waals surface area (Å²) in [5.41, 5.74) is 3.49. The topological polar surface area (TPSA) is 96.5 Å². The molecule has 0 bridgehead atoms. The number of hydrogen-bond acceptors (Lipinski definition) is 7. The highest BCUT2D eigenvalue weighted by molar-refractivity contribution is 6.01. The lowest BCUT2D eigenvalue weighted by Gasteiger charge is -2.29. The van der Waals surface area contributed by atoms with Crippen LogP contribution in [0.5, 0.6) is 0 Å². The number of cyclic esters (lactones) is 1. The number of carbonyl (C=O) groups excluding carboxylic acids is 2. The molecular weight excluding hydrogens is 406 g/mol. The van der Waals surface area contributed by atoms with Crippen LogP contribution in [0.25, 0.3) is 10.9 Å². The van der Waals surface area contributed by atoms with Gasteiger partial charge in [-0.3, -0.25) is 14.5 Å². The van der Waals surface area contributed by atoms with Gasteiger partial charge in [0.25, 0.3) is 0 Å². The second-order valence-electron chi connectivity index (χ2n) is 7.83. The molecule has 0 saturated carbocycles. The zero-order chi connectivity index (χ0) is 22.5. The predicted molar refractivity (Wildman–Crippen MR) is 124 cm³/mol. The van der Waals surface area contributed by atoms with E-state index in [0.717, 1.165) is 22.2 Å². The summed E-state index contributed by atoms with van der Waals surface area (Å²) in [6, 6.07) is 13.5. The molecule has 8 nitrogen and oxygen atoms in total. The van der Waals surface area contributed by atoms with Gasteiger partial charge in [-0.2, -0.15) is 0 Å². The van der Waals surface area contributed by atoms with Crippen molar-refractivity contribution in [2.45, 2.75) is 20.0 Å². The van der Waals surface area contributed by atoms with E-state index in [9.17, 15) is 9.59 Å². The number of aromatic nitrogens is 2. The summed E-state index contributed by atoms with van der Waals surface area (Å²) < 4.78 is 5.11. The van der Waals surface area contributed by atoms with E-state index in [0.29, 0.717) is 24.6 Å². The Hall–Kier alpha value is -3.78. The maximum Gasteiger partial charge on any atom is 0.320 e. The van der Waals surface area contributed by atoms with Crippen molar-refractivity contribution in [2.24, 2.45) is 0 Å². The summed E-state index contributed by atoms with van der Waals surface area (Å²) in [4.78, 5) is 34.5. The molecule has 1 saturated heterocycles. The lowest BCUT2D eigenvalue weighted by atomic mass is 10.2. The number of aryl methyl sites for hydroxylation is 1. The summed E-state index contributed by atoms with van der Waals surface area (Å²) in [6.07, 6.45) is 4.59. The molecule has 0 aliphatic carbocycles. The summed E-state index contributed by atoms with van der Waals surface area (Å²) in [7, 11) is 0. The first kappa shape index (κ1) is 21.5. The molecule has 32 heavy (non-hydrogen) atoms. The zero-order valence-corrected chi connectivity index (χ0v) is 18.0. The van der Waals surface area contributed by atoms with Gasteiger partial charge in [0, 0.05) is 35.9 Å². The highest BCUT2D eigenvalue weighted by Gasteiger charge is 2.22. The van der Waals surface area contributed by atoms with E-state index < -0.39 is 0 Å². The maximum atomic E-state index is 12.4. The number of esters is 1. The van der Waals surface area contributed by atoms with Crippen LogP contribution in [0.2, 0.25) is 0 Å². The molecule has 4 rings (SSSR count). The van der Waals surface area contributed by atoms with E-state index in [-0.39, 0.29) is 24.5 Å². The second kappa shape index (κ2) is 9.57. The van der Waals surface area contributed by atoms with E-state index in [2.05, 4.69) is 20.6 Å². The van der Waals surface area contributed by atoms with Crippen molar-refractivity contribution in [3.63, 3.8) is 0 Å². The monoisotopic (exact) mass is 431 g/mol. The van der Waals surface area contributed by atoms with Crippen LogP contribution in [-0.4, -0.2) is 52.5 Å². The van der Waals surface area contributed by atoms with Gasteiger partial charge >= 0.3 is 5.97 Å². The molecule has 1 fully saturated rings. The molecule has 2 N–H and O–H groups in total. The Morgan fingerprint density at radius 3 is 2.91 bits per heavy atom. The van der Waals surface area contributed by atoms with Gasteiger partial charge in [0.15, 0.2) is 0 Å². The molecule has 1 aliphatic rings. The number of anilines is 3. The molecular formula is C24H25N5O3. The van der Waals surface area contributed by atoms with Crippen LogP contribution in [0.15, 0.2) is 60.9 Å². The molecule has 164 valence electrons. The molecule has 3 aromatic rings. The summed E-state index contributed by atoms with van der Waals surface area (Å²) in [5, 5.41) is 7.00. The predicted octanol–water partition coefficient (Wildman–Crippen LogP) is 3.42. The molecule has 8 heteroatoms. The van der Waals surface area contributed by atoms with Gasteiger partial charge in [0.05, 0.1) is 12.1 Å². The molecule has 1 unspecified atom stereocenters.